The molecule has 1 aliphatic heterocycles. The molecular formula is C9H20N2O2S. The molecule has 5 heteroatoms. The molecule has 0 aliphatic carbocycles. The third-order valence-corrected chi connectivity index (χ3v) is 3.22. The van der Waals surface area contributed by atoms with E-state index in [2.05, 4.69) is 15.5 Å². The smallest absolute Gasteiger partial charge is 0.0603 e. The predicted octanol–water partition coefficient (Wildman–Crippen LogP) is 0.586. The fraction of sp³-hybridized carbons (Fsp3) is 1.00. The Kier molecular flexibility index (Phi) is 6.55. The van der Waals surface area contributed by atoms with Gasteiger partial charge in [0.2, 0.25) is 0 Å². The molecule has 1 aliphatic rings. The van der Waals surface area contributed by atoms with E-state index in [1.807, 2.05) is 0 Å². The number of hydrogen-bond acceptors (Lipinski definition) is 5. The number of morpholine rings is 1. The second-order valence-electron chi connectivity index (χ2n) is 3.28. The van der Waals surface area contributed by atoms with Crippen molar-refractivity contribution in [3.63, 3.8) is 0 Å². The van der Waals surface area contributed by atoms with Crippen molar-refractivity contribution in [2.24, 2.45) is 0 Å². The van der Waals surface area contributed by atoms with E-state index in [0.29, 0.717) is 0 Å². The molecule has 0 saturated carbocycles. The van der Waals surface area contributed by atoms with E-state index < -0.39 is 0 Å². The highest BCUT2D eigenvalue weighted by Gasteiger charge is 2.14. The van der Waals surface area contributed by atoms with Crippen LogP contribution in [0.5, 0.6) is 0 Å². The van der Waals surface area contributed by atoms with E-state index in [0.717, 1.165) is 45.8 Å². The maximum atomic E-state index is 8.89. The van der Waals surface area contributed by atoms with Gasteiger partial charge in [0.15, 0.2) is 0 Å². The van der Waals surface area contributed by atoms with E-state index in [1.165, 1.54) is 0 Å². The number of hydrogen-bond donors (Lipinski definition) is 1. The molecule has 0 amide bonds. The van der Waals surface area contributed by atoms with Gasteiger partial charge in [-0.2, -0.15) is 0 Å². The van der Waals surface area contributed by atoms with Crippen molar-refractivity contribution >= 4 is 12.1 Å². The SMILES string of the molecule is CCCN(CCO)SN1CCOCC1. The van der Waals surface area contributed by atoms with E-state index in [9.17, 15) is 0 Å². The molecule has 0 atom stereocenters. The molecule has 4 nitrogen and oxygen atoms in total. The van der Waals surface area contributed by atoms with E-state index in [1.54, 1.807) is 12.1 Å². The number of rotatable bonds is 6. The third kappa shape index (κ3) is 4.61. The molecule has 1 heterocycles. The van der Waals surface area contributed by atoms with Crippen molar-refractivity contribution in [1.29, 1.82) is 0 Å². The molecule has 0 aromatic rings. The topological polar surface area (TPSA) is 35.9 Å². The molecule has 14 heavy (non-hydrogen) atoms. The highest BCUT2D eigenvalue weighted by atomic mass is 32.2. The zero-order chi connectivity index (χ0) is 10.2. The van der Waals surface area contributed by atoms with Gasteiger partial charge in [-0.1, -0.05) is 6.92 Å². The van der Waals surface area contributed by atoms with Crippen LogP contribution in [0.3, 0.4) is 0 Å². The monoisotopic (exact) mass is 220 g/mol. The second kappa shape index (κ2) is 7.48. The lowest BCUT2D eigenvalue weighted by atomic mass is 10.5. The Morgan fingerprint density at radius 1 is 1.36 bits per heavy atom. The Balaban J connectivity index is 2.21. The van der Waals surface area contributed by atoms with Gasteiger partial charge < -0.3 is 9.84 Å². The molecule has 0 spiro atoms. The van der Waals surface area contributed by atoms with Gasteiger partial charge in [0, 0.05) is 38.3 Å². The minimum atomic E-state index is 0.233. The third-order valence-electron chi connectivity index (χ3n) is 2.02. The van der Waals surface area contributed by atoms with Crippen LogP contribution in [0.4, 0.5) is 0 Å². The van der Waals surface area contributed by atoms with Crippen molar-refractivity contribution < 1.29 is 9.84 Å². The average molecular weight is 220 g/mol. The standard InChI is InChI=1S/C9H20N2O2S/c1-2-3-10(4-7-12)14-11-5-8-13-9-6-11/h12H,2-9H2,1H3. The molecule has 1 saturated heterocycles. The van der Waals surface area contributed by atoms with Crippen molar-refractivity contribution in [2.45, 2.75) is 13.3 Å². The first kappa shape index (κ1) is 12.3. The van der Waals surface area contributed by atoms with Crippen LogP contribution in [-0.2, 0) is 4.74 Å². The summed E-state index contributed by atoms with van der Waals surface area (Å²) in [5.41, 5.74) is 0. The van der Waals surface area contributed by atoms with Crippen LogP contribution >= 0.6 is 12.1 Å². The summed E-state index contributed by atoms with van der Waals surface area (Å²) < 4.78 is 9.79. The molecule has 0 radical (unpaired) electrons. The Bertz CT molecular complexity index is 137. The summed E-state index contributed by atoms with van der Waals surface area (Å²) in [7, 11) is 0. The zero-order valence-electron chi connectivity index (χ0n) is 8.81. The number of aliphatic hydroxyl groups excluding tert-OH is 1. The molecule has 0 unspecified atom stereocenters. The molecule has 0 bridgehead atoms. The van der Waals surface area contributed by atoms with Gasteiger partial charge in [-0.15, -0.1) is 0 Å². The quantitative estimate of drug-likeness (QED) is 0.663. The Hall–Kier alpha value is 0.190. The van der Waals surface area contributed by atoms with Gasteiger partial charge in [0.1, 0.15) is 0 Å². The van der Waals surface area contributed by atoms with Crippen LogP contribution in [0.25, 0.3) is 0 Å². The molecule has 0 aromatic heterocycles. The lowest BCUT2D eigenvalue weighted by Gasteiger charge is -2.30. The van der Waals surface area contributed by atoms with Gasteiger partial charge in [0.25, 0.3) is 0 Å². The van der Waals surface area contributed by atoms with Crippen LogP contribution in [0.2, 0.25) is 0 Å². The summed E-state index contributed by atoms with van der Waals surface area (Å²) in [5, 5.41) is 8.89. The van der Waals surface area contributed by atoms with E-state index in [4.69, 9.17) is 9.84 Å². The van der Waals surface area contributed by atoms with E-state index >= 15 is 0 Å². The summed E-state index contributed by atoms with van der Waals surface area (Å²) in [5.74, 6) is 0. The van der Waals surface area contributed by atoms with Crippen LogP contribution < -0.4 is 0 Å². The van der Waals surface area contributed by atoms with Crippen LogP contribution in [0.1, 0.15) is 13.3 Å². The Morgan fingerprint density at radius 3 is 2.64 bits per heavy atom. The van der Waals surface area contributed by atoms with Crippen LogP contribution in [-0.4, -0.2) is 59.7 Å². The largest absolute Gasteiger partial charge is 0.395 e. The normalized spacial score (nSPS) is 19.1. The summed E-state index contributed by atoms with van der Waals surface area (Å²) in [6.07, 6.45) is 1.12. The van der Waals surface area contributed by atoms with Gasteiger partial charge in [0.05, 0.1) is 19.8 Å². The first-order valence-electron chi connectivity index (χ1n) is 5.23. The van der Waals surface area contributed by atoms with Gasteiger partial charge >= 0.3 is 0 Å². The van der Waals surface area contributed by atoms with Gasteiger partial charge in [-0.05, 0) is 6.42 Å². The van der Waals surface area contributed by atoms with Crippen LogP contribution in [0.15, 0.2) is 0 Å². The zero-order valence-corrected chi connectivity index (χ0v) is 9.63. The summed E-state index contributed by atoms with van der Waals surface area (Å²) in [6, 6.07) is 0. The molecule has 1 N–H and O–H groups in total. The van der Waals surface area contributed by atoms with Crippen molar-refractivity contribution in [3.8, 4) is 0 Å². The van der Waals surface area contributed by atoms with Crippen molar-refractivity contribution in [3.05, 3.63) is 0 Å². The minimum Gasteiger partial charge on any atom is -0.395 e. The second-order valence-corrected chi connectivity index (χ2v) is 4.47. The lowest BCUT2D eigenvalue weighted by molar-refractivity contribution is 0.0755. The highest BCUT2D eigenvalue weighted by Crippen LogP contribution is 2.17. The first-order valence-corrected chi connectivity index (χ1v) is 5.96. The predicted molar refractivity (Wildman–Crippen MR) is 58.9 cm³/mol. The Morgan fingerprint density at radius 2 is 2.07 bits per heavy atom. The number of nitrogens with zero attached hydrogens (tertiary/aromatic N) is 2. The summed E-state index contributed by atoms with van der Waals surface area (Å²) >= 11 is 1.74. The number of aliphatic hydroxyl groups is 1. The molecular weight excluding hydrogens is 200 g/mol. The summed E-state index contributed by atoms with van der Waals surface area (Å²) in [6.45, 7) is 7.78. The maximum Gasteiger partial charge on any atom is 0.0603 e. The fourth-order valence-electron chi connectivity index (χ4n) is 1.35. The van der Waals surface area contributed by atoms with E-state index in [-0.39, 0.29) is 6.61 Å². The van der Waals surface area contributed by atoms with Gasteiger partial charge in [-0.25, -0.2) is 8.61 Å². The number of ether oxygens (including phenoxy) is 1. The van der Waals surface area contributed by atoms with Crippen molar-refractivity contribution in [1.82, 2.24) is 8.61 Å². The molecule has 1 rings (SSSR count). The maximum absolute atomic E-state index is 8.89. The Labute approximate surface area is 90.5 Å². The van der Waals surface area contributed by atoms with Gasteiger partial charge in [-0.3, -0.25) is 0 Å². The first-order chi connectivity index (χ1) is 6.86. The fourth-order valence-corrected chi connectivity index (χ4v) is 2.41. The molecule has 0 aromatic carbocycles. The lowest BCUT2D eigenvalue weighted by Crippen LogP contribution is -2.35. The summed E-state index contributed by atoms with van der Waals surface area (Å²) in [4.78, 5) is 0. The minimum absolute atomic E-state index is 0.233. The van der Waals surface area contributed by atoms with Crippen LogP contribution in [0, 0.1) is 0 Å². The molecule has 84 valence electrons. The van der Waals surface area contributed by atoms with Crippen molar-refractivity contribution in [2.75, 3.05) is 46.0 Å². The highest BCUT2D eigenvalue weighted by molar-refractivity contribution is 7.94. The molecule has 1 fully saturated rings. The average Bonchev–Trinajstić information content (AvgIpc) is 2.20.